The smallest absolute Gasteiger partial charge is 0.264 e. The maximum Gasteiger partial charge on any atom is 0.264 e. The summed E-state index contributed by atoms with van der Waals surface area (Å²) in [6.45, 7) is 3.54. The summed E-state index contributed by atoms with van der Waals surface area (Å²) in [7, 11) is -2.23. The van der Waals surface area contributed by atoms with E-state index in [2.05, 4.69) is 14.7 Å². The maximum absolute atomic E-state index is 12.8. The molecule has 0 saturated carbocycles. The lowest BCUT2D eigenvalue weighted by atomic mass is 10.1. The lowest BCUT2D eigenvalue weighted by Crippen LogP contribution is -2.28. The van der Waals surface area contributed by atoms with Gasteiger partial charge in [-0.3, -0.25) is 4.79 Å². The molecule has 3 rings (SSSR count). The Labute approximate surface area is 169 Å². The van der Waals surface area contributed by atoms with Gasteiger partial charge in [-0.25, -0.2) is 23.1 Å². The van der Waals surface area contributed by atoms with E-state index in [0.717, 1.165) is 5.56 Å². The Hall–Kier alpha value is -3.46. The van der Waals surface area contributed by atoms with Gasteiger partial charge in [-0.1, -0.05) is 18.2 Å². The lowest BCUT2D eigenvalue weighted by Gasteiger charge is -2.20. The predicted molar refractivity (Wildman–Crippen MR) is 112 cm³/mol. The minimum Gasteiger partial charge on any atom is -0.399 e. The molecule has 0 unspecified atom stereocenters. The molecule has 1 heterocycles. The van der Waals surface area contributed by atoms with Gasteiger partial charge in [-0.2, -0.15) is 0 Å². The number of rotatable bonds is 5. The van der Waals surface area contributed by atoms with Gasteiger partial charge in [-0.15, -0.1) is 0 Å². The van der Waals surface area contributed by atoms with Gasteiger partial charge in [0.2, 0.25) is 5.95 Å². The molecule has 1 aromatic heterocycles. The number of carbonyl (C=O) groups excluding carboxylic acids is 1. The van der Waals surface area contributed by atoms with Crippen molar-refractivity contribution in [3.63, 3.8) is 0 Å². The summed E-state index contributed by atoms with van der Waals surface area (Å²) >= 11 is 0. The van der Waals surface area contributed by atoms with E-state index in [9.17, 15) is 13.2 Å². The summed E-state index contributed by atoms with van der Waals surface area (Å²) in [4.78, 5) is 22.5. The van der Waals surface area contributed by atoms with Crippen molar-refractivity contribution in [2.45, 2.75) is 18.7 Å². The molecule has 0 aliphatic heterocycles. The molecule has 2 aromatic carbocycles. The molecule has 0 fully saturated rings. The minimum absolute atomic E-state index is 0.0453. The molecule has 150 valence electrons. The Bertz CT molecular complexity index is 1160. The van der Waals surface area contributed by atoms with E-state index in [1.54, 1.807) is 26.1 Å². The van der Waals surface area contributed by atoms with Crippen LogP contribution in [-0.2, 0) is 10.0 Å². The van der Waals surface area contributed by atoms with Gasteiger partial charge < -0.3 is 10.6 Å². The predicted octanol–water partition coefficient (Wildman–Crippen LogP) is 2.75. The van der Waals surface area contributed by atoms with Gasteiger partial charge in [0.05, 0.1) is 22.5 Å². The summed E-state index contributed by atoms with van der Waals surface area (Å²) in [5.74, 6) is -0.287. The third-order valence-electron chi connectivity index (χ3n) is 4.41. The number of sulfonamides is 1. The van der Waals surface area contributed by atoms with Crippen LogP contribution in [0, 0.1) is 13.8 Å². The Kier molecular flexibility index (Phi) is 5.51. The van der Waals surface area contributed by atoms with E-state index < -0.39 is 10.0 Å². The van der Waals surface area contributed by atoms with Gasteiger partial charge in [0, 0.05) is 18.3 Å². The summed E-state index contributed by atoms with van der Waals surface area (Å²) in [5.41, 5.74) is 8.42. The molecule has 9 heteroatoms. The first kappa shape index (κ1) is 20.3. The largest absolute Gasteiger partial charge is 0.399 e. The maximum atomic E-state index is 12.8. The van der Waals surface area contributed by atoms with Crippen LogP contribution in [0.15, 0.2) is 59.6 Å². The van der Waals surface area contributed by atoms with Crippen molar-refractivity contribution in [2.24, 2.45) is 0 Å². The van der Waals surface area contributed by atoms with Crippen LogP contribution >= 0.6 is 0 Å². The fourth-order valence-electron chi connectivity index (χ4n) is 2.77. The Morgan fingerprint density at radius 3 is 2.34 bits per heavy atom. The molecule has 0 bridgehead atoms. The SMILES string of the molecule is Cc1ccccc1C(=O)N(C)c1cnc(NS(=O)(=O)c2ccc(N)cc2)nc1C. The third kappa shape index (κ3) is 4.35. The second kappa shape index (κ2) is 7.88. The van der Waals surface area contributed by atoms with Crippen LogP contribution in [0.25, 0.3) is 0 Å². The molecule has 0 saturated heterocycles. The number of nitrogen functional groups attached to an aromatic ring is 1. The number of aromatic nitrogens is 2. The summed E-state index contributed by atoms with van der Waals surface area (Å²) < 4.78 is 27.3. The van der Waals surface area contributed by atoms with Crippen LogP contribution in [-0.4, -0.2) is 31.3 Å². The van der Waals surface area contributed by atoms with Gasteiger partial charge in [0.15, 0.2) is 0 Å². The van der Waals surface area contributed by atoms with Crippen LogP contribution < -0.4 is 15.4 Å². The van der Waals surface area contributed by atoms with Crippen molar-refractivity contribution in [2.75, 3.05) is 22.4 Å². The lowest BCUT2D eigenvalue weighted by molar-refractivity contribution is 0.0992. The van der Waals surface area contributed by atoms with Crippen molar-refractivity contribution in [3.05, 3.63) is 71.5 Å². The van der Waals surface area contributed by atoms with Crippen LogP contribution in [0.2, 0.25) is 0 Å². The number of carbonyl (C=O) groups is 1. The summed E-state index contributed by atoms with van der Waals surface area (Å²) in [6, 6.07) is 13.1. The van der Waals surface area contributed by atoms with Crippen molar-refractivity contribution >= 4 is 33.3 Å². The Balaban J connectivity index is 1.84. The molecule has 8 nitrogen and oxygen atoms in total. The van der Waals surface area contributed by atoms with Crippen molar-refractivity contribution < 1.29 is 13.2 Å². The topological polar surface area (TPSA) is 118 Å². The average molecular weight is 411 g/mol. The second-order valence-corrected chi connectivity index (χ2v) is 8.20. The first-order valence-corrected chi connectivity index (χ1v) is 10.2. The number of benzene rings is 2. The first-order chi connectivity index (χ1) is 13.7. The third-order valence-corrected chi connectivity index (χ3v) is 5.76. The van der Waals surface area contributed by atoms with Crippen LogP contribution in [0.5, 0.6) is 0 Å². The zero-order chi connectivity index (χ0) is 21.2. The van der Waals surface area contributed by atoms with Gasteiger partial charge in [0.1, 0.15) is 0 Å². The molecule has 0 aliphatic rings. The monoisotopic (exact) mass is 411 g/mol. The Morgan fingerprint density at radius 2 is 1.72 bits per heavy atom. The van der Waals surface area contributed by atoms with E-state index in [1.807, 2.05) is 19.1 Å². The number of amides is 1. The zero-order valence-electron chi connectivity index (χ0n) is 16.2. The van der Waals surface area contributed by atoms with Crippen molar-refractivity contribution in [3.8, 4) is 0 Å². The second-order valence-electron chi connectivity index (χ2n) is 6.52. The molecule has 29 heavy (non-hydrogen) atoms. The number of aryl methyl sites for hydroxylation is 2. The molecule has 0 aliphatic carbocycles. The molecular weight excluding hydrogens is 390 g/mol. The van der Waals surface area contributed by atoms with E-state index in [4.69, 9.17) is 5.73 Å². The highest BCUT2D eigenvalue weighted by atomic mass is 32.2. The standard InChI is InChI=1S/C20H21N5O3S/c1-13-6-4-5-7-17(13)19(26)25(3)18-12-22-20(23-14(18)2)24-29(27,28)16-10-8-15(21)9-11-16/h4-12H,21H2,1-3H3,(H,22,23,24). The fourth-order valence-corrected chi connectivity index (χ4v) is 3.72. The molecule has 1 amide bonds. The average Bonchev–Trinajstić information content (AvgIpc) is 2.67. The van der Waals surface area contributed by atoms with Gasteiger partial charge in [0.25, 0.3) is 15.9 Å². The van der Waals surface area contributed by atoms with Crippen LogP contribution in [0.1, 0.15) is 21.6 Å². The Morgan fingerprint density at radius 1 is 1.07 bits per heavy atom. The minimum atomic E-state index is -3.86. The number of nitrogens with two attached hydrogens (primary N) is 1. The molecule has 0 spiro atoms. The van der Waals surface area contributed by atoms with Gasteiger partial charge >= 0.3 is 0 Å². The number of nitrogens with one attached hydrogen (secondary N) is 1. The molecule has 0 radical (unpaired) electrons. The van der Waals surface area contributed by atoms with E-state index in [-0.39, 0.29) is 16.8 Å². The molecule has 3 aromatic rings. The number of nitrogens with zero attached hydrogens (tertiary/aromatic N) is 3. The molecule has 3 N–H and O–H groups in total. The quantitative estimate of drug-likeness (QED) is 0.623. The van der Waals surface area contributed by atoms with E-state index in [1.165, 1.54) is 35.4 Å². The fraction of sp³-hybridized carbons (Fsp3) is 0.150. The highest BCUT2D eigenvalue weighted by Gasteiger charge is 2.20. The van der Waals surface area contributed by atoms with Crippen LogP contribution in [0.3, 0.4) is 0 Å². The highest BCUT2D eigenvalue weighted by Crippen LogP contribution is 2.22. The van der Waals surface area contributed by atoms with Crippen LogP contribution in [0.4, 0.5) is 17.3 Å². The van der Waals surface area contributed by atoms with Gasteiger partial charge in [-0.05, 0) is 49.7 Å². The number of anilines is 3. The highest BCUT2D eigenvalue weighted by molar-refractivity contribution is 7.92. The number of hydrogen-bond acceptors (Lipinski definition) is 6. The number of hydrogen-bond donors (Lipinski definition) is 2. The first-order valence-electron chi connectivity index (χ1n) is 8.75. The summed E-state index contributed by atoms with van der Waals surface area (Å²) in [6.07, 6.45) is 1.42. The normalized spacial score (nSPS) is 11.1. The van der Waals surface area contributed by atoms with E-state index in [0.29, 0.717) is 22.6 Å². The molecule has 0 atom stereocenters. The zero-order valence-corrected chi connectivity index (χ0v) is 17.1. The van der Waals surface area contributed by atoms with Crippen molar-refractivity contribution in [1.29, 1.82) is 0 Å². The van der Waals surface area contributed by atoms with E-state index >= 15 is 0 Å². The molecular formula is C20H21N5O3S. The van der Waals surface area contributed by atoms with Crippen molar-refractivity contribution in [1.82, 2.24) is 9.97 Å². The summed E-state index contributed by atoms with van der Waals surface area (Å²) in [5, 5.41) is 0.